The van der Waals surface area contributed by atoms with Crippen LogP contribution < -0.4 is 14.8 Å². The summed E-state index contributed by atoms with van der Waals surface area (Å²) in [5.41, 5.74) is 5.42. The molecule has 0 radical (unpaired) electrons. The highest BCUT2D eigenvalue weighted by Crippen LogP contribution is 2.47. The number of benzene rings is 3. The number of methoxy groups -OCH3 is 2. The molecule has 0 fully saturated rings. The van der Waals surface area contributed by atoms with Crippen LogP contribution in [0.3, 0.4) is 0 Å². The maximum absolute atomic E-state index is 13.8. The molecule has 6 rings (SSSR count). The van der Waals surface area contributed by atoms with E-state index in [1.54, 1.807) is 14.2 Å². The number of halogens is 1. The Morgan fingerprint density at radius 3 is 2.54 bits per heavy atom. The van der Waals surface area contributed by atoms with E-state index in [9.17, 15) is 4.79 Å². The maximum Gasteiger partial charge on any atom is 0.209 e. The third kappa shape index (κ3) is 3.48. The molecular weight excluding hydrogens is 462 g/mol. The van der Waals surface area contributed by atoms with Crippen molar-refractivity contribution in [3.05, 3.63) is 94.1 Å². The Balaban J connectivity index is 1.49. The minimum Gasteiger partial charge on any atom is -0.493 e. The Labute approximate surface area is 208 Å². The molecule has 35 heavy (non-hydrogen) atoms. The maximum atomic E-state index is 13.8. The number of ketones is 1. The van der Waals surface area contributed by atoms with E-state index in [2.05, 4.69) is 9.88 Å². The summed E-state index contributed by atoms with van der Waals surface area (Å²) in [5.74, 6) is 2.16. The molecule has 1 aliphatic heterocycles. The minimum absolute atomic E-state index is 0.0105. The van der Waals surface area contributed by atoms with Crippen LogP contribution in [0.5, 0.6) is 11.5 Å². The van der Waals surface area contributed by atoms with Crippen LogP contribution >= 0.6 is 11.6 Å². The minimum atomic E-state index is -0.346. The van der Waals surface area contributed by atoms with Gasteiger partial charge in [0.2, 0.25) is 5.95 Å². The van der Waals surface area contributed by atoms with Gasteiger partial charge in [0, 0.05) is 22.7 Å². The molecule has 6 nitrogen and oxygen atoms in total. The molecule has 1 aromatic heterocycles. The number of carbonyl (C=O) groups excluding carboxylic acids is 1. The average Bonchev–Trinajstić information content (AvgIpc) is 3.25. The van der Waals surface area contributed by atoms with Crippen LogP contribution in [0.2, 0.25) is 5.02 Å². The molecule has 0 unspecified atom stereocenters. The van der Waals surface area contributed by atoms with E-state index in [0.29, 0.717) is 29.4 Å². The van der Waals surface area contributed by atoms with Gasteiger partial charge in [-0.25, -0.2) is 4.98 Å². The predicted octanol–water partition coefficient (Wildman–Crippen LogP) is 6.12. The van der Waals surface area contributed by atoms with Crippen LogP contribution in [-0.2, 0) is 4.79 Å². The summed E-state index contributed by atoms with van der Waals surface area (Å²) in [6.07, 6.45) is 1.08. The summed E-state index contributed by atoms with van der Waals surface area (Å²) in [6, 6.07) is 21.2. The van der Waals surface area contributed by atoms with E-state index in [1.165, 1.54) is 0 Å². The van der Waals surface area contributed by atoms with Crippen LogP contribution in [0.1, 0.15) is 35.9 Å². The van der Waals surface area contributed by atoms with E-state index in [-0.39, 0.29) is 17.7 Å². The number of nitrogens with one attached hydrogen (secondary N) is 1. The van der Waals surface area contributed by atoms with Gasteiger partial charge < -0.3 is 14.8 Å². The number of fused-ring (bicyclic) bond motifs is 3. The topological polar surface area (TPSA) is 65.4 Å². The first-order chi connectivity index (χ1) is 17.1. The molecule has 0 amide bonds. The SMILES string of the molecule is COc1ccc([C@@H]2CC(=O)C3=C(C2)Nc2nc4ccccc4n2[C@H]3c2ccccc2Cl)cc1OC. The number of nitrogens with zero attached hydrogens (tertiary/aromatic N) is 2. The third-order valence-electron chi connectivity index (χ3n) is 6.98. The van der Waals surface area contributed by atoms with Crippen molar-refractivity contribution in [1.29, 1.82) is 0 Å². The van der Waals surface area contributed by atoms with Crippen molar-refractivity contribution in [2.75, 3.05) is 19.5 Å². The molecule has 7 heteroatoms. The van der Waals surface area contributed by atoms with Crippen LogP contribution in [0.15, 0.2) is 78.0 Å². The van der Waals surface area contributed by atoms with E-state index in [1.807, 2.05) is 66.7 Å². The number of ether oxygens (including phenoxy) is 2. The molecule has 2 aliphatic rings. The first-order valence-electron chi connectivity index (χ1n) is 11.6. The number of hydrogen-bond acceptors (Lipinski definition) is 5. The predicted molar refractivity (Wildman–Crippen MR) is 137 cm³/mol. The fourth-order valence-corrected chi connectivity index (χ4v) is 5.60. The summed E-state index contributed by atoms with van der Waals surface area (Å²) in [5, 5.41) is 4.13. The van der Waals surface area contributed by atoms with Crippen LogP contribution in [0, 0.1) is 0 Å². The molecule has 0 spiro atoms. The lowest BCUT2D eigenvalue weighted by Crippen LogP contribution is -2.33. The zero-order valence-corrected chi connectivity index (χ0v) is 20.2. The van der Waals surface area contributed by atoms with Crippen molar-refractivity contribution >= 4 is 34.4 Å². The smallest absolute Gasteiger partial charge is 0.209 e. The standard InChI is InChI=1S/C28H24ClN3O3/c1-34-24-12-11-16(15-25(24)35-2)17-13-21-26(23(33)14-17)27(18-7-3-4-8-19(18)29)32-22-10-6-5-9-20(22)30-28(32)31-21/h3-12,15,17,27H,13-14H2,1-2H3,(H,30,31)/t17-,27-/m0/s1. The second-order valence-electron chi connectivity index (χ2n) is 8.88. The molecule has 1 N–H and O–H groups in total. The first-order valence-corrected chi connectivity index (χ1v) is 11.9. The largest absolute Gasteiger partial charge is 0.493 e. The van der Waals surface area contributed by atoms with Gasteiger partial charge in [-0.05, 0) is 53.8 Å². The van der Waals surface area contributed by atoms with Gasteiger partial charge in [-0.15, -0.1) is 0 Å². The summed E-state index contributed by atoms with van der Waals surface area (Å²) >= 11 is 6.69. The monoisotopic (exact) mass is 485 g/mol. The fourth-order valence-electron chi connectivity index (χ4n) is 5.36. The number of hydrogen-bond donors (Lipinski definition) is 1. The van der Waals surface area contributed by atoms with E-state index < -0.39 is 0 Å². The number of imidazole rings is 1. The van der Waals surface area contributed by atoms with Gasteiger partial charge in [-0.1, -0.05) is 48.0 Å². The highest BCUT2D eigenvalue weighted by atomic mass is 35.5. The van der Waals surface area contributed by atoms with Gasteiger partial charge in [0.25, 0.3) is 0 Å². The normalized spacial score (nSPS) is 19.2. The van der Waals surface area contributed by atoms with Gasteiger partial charge in [0.15, 0.2) is 17.3 Å². The van der Waals surface area contributed by atoms with E-state index in [4.69, 9.17) is 26.1 Å². The number of aromatic nitrogens is 2. The zero-order chi connectivity index (χ0) is 24.1. The summed E-state index contributed by atoms with van der Waals surface area (Å²) in [6.45, 7) is 0. The van der Waals surface area contributed by atoms with Crippen molar-refractivity contribution < 1.29 is 14.3 Å². The molecule has 1 aliphatic carbocycles. The summed E-state index contributed by atoms with van der Waals surface area (Å²) in [7, 11) is 3.24. The van der Waals surface area contributed by atoms with Crippen molar-refractivity contribution in [2.45, 2.75) is 24.8 Å². The number of allylic oxidation sites excluding steroid dienone is 2. The second-order valence-corrected chi connectivity index (χ2v) is 9.29. The second kappa shape index (κ2) is 8.47. The molecule has 2 atom stereocenters. The Kier molecular flexibility index (Phi) is 5.26. The molecule has 0 bridgehead atoms. The molecule has 0 saturated heterocycles. The van der Waals surface area contributed by atoms with Crippen LogP contribution in [0.25, 0.3) is 11.0 Å². The average molecular weight is 486 g/mol. The van der Waals surface area contributed by atoms with Crippen LogP contribution in [-0.4, -0.2) is 29.6 Å². The van der Waals surface area contributed by atoms with Crippen molar-refractivity contribution in [3.63, 3.8) is 0 Å². The molecule has 176 valence electrons. The number of carbonyl (C=O) groups is 1. The Morgan fingerprint density at radius 2 is 1.74 bits per heavy atom. The quantitative estimate of drug-likeness (QED) is 0.377. The summed E-state index contributed by atoms with van der Waals surface area (Å²) < 4.78 is 13.0. The number of Topliss-reactive ketones (excluding diaryl/α,β-unsaturated/α-hetero) is 1. The van der Waals surface area contributed by atoms with Crippen molar-refractivity contribution in [3.8, 4) is 11.5 Å². The van der Waals surface area contributed by atoms with E-state index in [0.717, 1.165) is 39.4 Å². The first kappa shape index (κ1) is 21.7. The molecule has 3 aromatic carbocycles. The molecule has 4 aromatic rings. The van der Waals surface area contributed by atoms with Crippen LogP contribution in [0.4, 0.5) is 5.95 Å². The number of para-hydroxylation sites is 2. The lowest BCUT2D eigenvalue weighted by molar-refractivity contribution is -0.116. The van der Waals surface area contributed by atoms with Gasteiger partial charge in [-0.2, -0.15) is 0 Å². The number of anilines is 1. The number of rotatable bonds is 4. The highest BCUT2D eigenvalue weighted by Gasteiger charge is 2.40. The Hall–Kier alpha value is -3.77. The highest BCUT2D eigenvalue weighted by molar-refractivity contribution is 6.31. The zero-order valence-electron chi connectivity index (χ0n) is 19.4. The Bertz CT molecular complexity index is 1510. The van der Waals surface area contributed by atoms with Gasteiger partial charge in [-0.3, -0.25) is 9.36 Å². The molecule has 0 saturated carbocycles. The van der Waals surface area contributed by atoms with Crippen molar-refractivity contribution in [1.82, 2.24) is 9.55 Å². The van der Waals surface area contributed by atoms with Crippen molar-refractivity contribution in [2.24, 2.45) is 0 Å². The molecular formula is C28H24ClN3O3. The third-order valence-corrected chi connectivity index (χ3v) is 7.32. The van der Waals surface area contributed by atoms with E-state index >= 15 is 0 Å². The lowest BCUT2D eigenvalue weighted by Gasteiger charge is -2.36. The van der Waals surface area contributed by atoms with Gasteiger partial charge in [0.05, 0.1) is 31.3 Å². The van der Waals surface area contributed by atoms with Gasteiger partial charge >= 0.3 is 0 Å². The Morgan fingerprint density at radius 1 is 0.971 bits per heavy atom. The molecule has 2 heterocycles. The fraction of sp³-hybridized carbons (Fsp3) is 0.214. The lowest BCUT2D eigenvalue weighted by atomic mass is 9.77. The van der Waals surface area contributed by atoms with Gasteiger partial charge in [0.1, 0.15) is 0 Å². The summed E-state index contributed by atoms with van der Waals surface area (Å²) in [4.78, 5) is 18.7.